The molecule has 1 aromatic carbocycles. The Morgan fingerprint density at radius 1 is 1.46 bits per heavy atom. The lowest BCUT2D eigenvalue weighted by Crippen LogP contribution is -2.33. The second-order valence-corrected chi connectivity index (χ2v) is 3.87. The van der Waals surface area contributed by atoms with Crippen molar-refractivity contribution in [3.8, 4) is 0 Å². The van der Waals surface area contributed by atoms with E-state index >= 15 is 0 Å². The number of fused-ring (bicyclic) bond motifs is 1. The van der Waals surface area contributed by atoms with Gasteiger partial charge in [-0.15, -0.1) is 0 Å². The molecular weight excluding hydrogens is 232 g/mol. The lowest BCUT2D eigenvalue weighted by Gasteiger charge is -2.24. The summed E-state index contributed by atoms with van der Waals surface area (Å²) < 4.78 is 1.03. The van der Waals surface area contributed by atoms with Crippen molar-refractivity contribution in [3.05, 3.63) is 22.7 Å². The highest BCUT2D eigenvalue weighted by Crippen LogP contribution is 2.28. The Bertz CT molecular complexity index is 340. The van der Waals surface area contributed by atoms with Crippen molar-refractivity contribution in [2.45, 2.75) is 6.04 Å². The molecule has 68 valence electrons. The molecule has 4 heteroatoms. The maximum Gasteiger partial charge on any atom is 0.144 e. The van der Waals surface area contributed by atoms with Crippen LogP contribution in [0.5, 0.6) is 0 Å². The second-order valence-electron chi connectivity index (χ2n) is 2.96. The van der Waals surface area contributed by atoms with Crippen molar-refractivity contribution in [1.29, 1.82) is 0 Å². The summed E-state index contributed by atoms with van der Waals surface area (Å²) >= 11 is 3.39. The number of rotatable bonds is 1. The summed E-state index contributed by atoms with van der Waals surface area (Å²) in [6, 6.07) is 5.76. The number of nitrogens with one attached hydrogen (secondary N) is 2. The third-order valence-corrected chi connectivity index (χ3v) is 2.49. The van der Waals surface area contributed by atoms with Gasteiger partial charge in [0.25, 0.3) is 0 Å². The highest BCUT2D eigenvalue weighted by Gasteiger charge is 2.15. The standard InChI is InChI=1S/C9H9BrN2O/c10-6-1-2-8-9(3-6)11-4-7(5-13)12-8/h1-3,5,7,11-12H,4H2. The molecule has 1 heterocycles. The summed E-state index contributed by atoms with van der Waals surface area (Å²) in [4.78, 5) is 10.5. The molecule has 2 N–H and O–H groups in total. The molecular formula is C9H9BrN2O. The van der Waals surface area contributed by atoms with E-state index < -0.39 is 0 Å². The molecule has 0 fully saturated rings. The lowest BCUT2D eigenvalue weighted by molar-refractivity contribution is -0.108. The first-order chi connectivity index (χ1) is 6.29. The maximum atomic E-state index is 10.5. The van der Waals surface area contributed by atoms with Crippen LogP contribution >= 0.6 is 15.9 Å². The molecule has 0 radical (unpaired) electrons. The zero-order chi connectivity index (χ0) is 9.26. The molecule has 13 heavy (non-hydrogen) atoms. The van der Waals surface area contributed by atoms with Gasteiger partial charge in [0, 0.05) is 11.0 Å². The van der Waals surface area contributed by atoms with Gasteiger partial charge in [0.1, 0.15) is 6.29 Å². The third kappa shape index (κ3) is 1.67. The molecule has 1 aliphatic rings. The van der Waals surface area contributed by atoms with E-state index in [0.717, 1.165) is 22.1 Å². The number of halogens is 1. The monoisotopic (exact) mass is 240 g/mol. The number of carbonyl (C=O) groups is 1. The van der Waals surface area contributed by atoms with Crippen LogP contribution in [0.25, 0.3) is 0 Å². The smallest absolute Gasteiger partial charge is 0.144 e. The van der Waals surface area contributed by atoms with Crippen LogP contribution in [0.1, 0.15) is 0 Å². The molecule has 0 saturated heterocycles. The zero-order valence-electron chi connectivity index (χ0n) is 6.88. The fourth-order valence-corrected chi connectivity index (χ4v) is 1.70. The molecule has 0 aromatic heterocycles. The van der Waals surface area contributed by atoms with Gasteiger partial charge in [0.2, 0.25) is 0 Å². The van der Waals surface area contributed by atoms with Crippen molar-refractivity contribution >= 4 is 33.6 Å². The Hall–Kier alpha value is -1.03. The predicted octanol–water partition coefficient (Wildman–Crippen LogP) is 1.85. The number of carbonyl (C=O) groups excluding carboxylic acids is 1. The van der Waals surface area contributed by atoms with Crippen LogP contribution < -0.4 is 10.6 Å². The average Bonchev–Trinajstić information content (AvgIpc) is 2.17. The Balaban J connectivity index is 2.31. The molecule has 1 aliphatic heterocycles. The molecule has 0 aliphatic carbocycles. The zero-order valence-corrected chi connectivity index (χ0v) is 8.47. The van der Waals surface area contributed by atoms with Gasteiger partial charge in [0.15, 0.2) is 0 Å². The molecule has 3 nitrogen and oxygen atoms in total. The molecule has 0 spiro atoms. The quantitative estimate of drug-likeness (QED) is 0.737. The Kier molecular flexibility index (Phi) is 2.22. The number of hydrogen-bond donors (Lipinski definition) is 2. The summed E-state index contributed by atoms with van der Waals surface area (Å²) in [6.07, 6.45) is 0.915. The van der Waals surface area contributed by atoms with E-state index in [4.69, 9.17) is 0 Å². The first-order valence-corrected chi connectivity index (χ1v) is 4.84. The first kappa shape index (κ1) is 8.56. The SMILES string of the molecule is O=CC1CNc2cc(Br)ccc2N1. The minimum Gasteiger partial charge on any atom is -0.381 e. The van der Waals surface area contributed by atoms with Crippen molar-refractivity contribution in [3.63, 3.8) is 0 Å². The van der Waals surface area contributed by atoms with Gasteiger partial charge in [-0.2, -0.15) is 0 Å². The van der Waals surface area contributed by atoms with Gasteiger partial charge in [-0.1, -0.05) is 15.9 Å². The molecule has 2 rings (SSSR count). The van der Waals surface area contributed by atoms with E-state index in [2.05, 4.69) is 26.6 Å². The summed E-state index contributed by atoms with van der Waals surface area (Å²) in [5.41, 5.74) is 2.01. The molecule has 0 saturated carbocycles. The van der Waals surface area contributed by atoms with Crippen molar-refractivity contribution < 1.29 is 4.79 Å². The van der Waals surface area contributed by atoms with Crippen LogP contribution in [0.15, 0.2) is 22.7 Å². The van der Waals surface area contributed by atoms with Crippen molar-refractivity contribution in [2.24, 2.45) is 0 Å². The molecule has 1 aromatic rings. The maximum absolute atomic E-state index is 10.5. The second kappa shape index (κ2) is 3.38. The summed E-state index contributed by atoms with van der Waals surface area (Å²) in [5, 5.41) is 6.30. The average molecular weight is 241 g/mol. The summed E-state index contributed by atoms with van der Waals surface area (Å²) in [6.45, 7) is 0.646. The fourth-order valence-electron chi connectivity index (χ4n) is 1.34. The molecule has 0 amide bonds. The number of hydrogen-bond acceptors (Lipinski definition) is 3. The van der Waals surface area contributed by atoms with Crippen LogP contribution in [-0.2, 0) is 4.79 Å². The number of anilines is 2. The van der Waals surface area contributed by atoms with Crippen LogP contribution in [0, 0.1) is 0 Å². The predicted molar refractivity (Wildman–Crippen MR) is 56.1 cm³/mol. The van der Waals surface area contributed by atoms with E-state index in [0.29, 0.717) is 6.54 Å². The van der Waals surface area contributed by atoms with Gasteiger partial charge in [-0.3, -0.25) is 0 Å². The highest BCUT2D eigenvalue weighted by molar-refractivity contribution is 9.10. The minimum atomic E-state index is -0.117. The van der Waals surface area contributed by atoms with Gasteiger partial charge in [-0.05, 0) is 18.2 Å². The first-order valence-electron chi connectivity index (χ1n) is 4.05. The Labute approximate surface area is 84.6 Å². The number of aldehydes is 1. The van der Waals surface area contributed by atoms with Crippen LogP contribution in [0.2, 0.25) is 0 Å². The van der Waals surface area contributed by atoms with E-state index in [1.54, 1.807) is 0 Å². The van der Waals surface area contributed by atoms with Gasteiger partial charge < -0.3 is 15.4 Å². The van der Waals surface area contributed by atoms with Crippen LogP contribution in [0.3, 0.4) is 0 Å². The summed E-state index contributed by atoms with van der Waals surface area (Å²) in [5.74, 6) is 0. The molecule has 0 bridgehead atoms. The van der Waals surface area contributed by atoms with Crippen molar-refractivity contribution in [1.82, 2.24) is 0 Å². The lowest BCUT2D eigenvalue weighted by atomic mass is 10.2. The Morgan fingerprint density at radius 2 is 2.31 bits per heavy atom. The van der Waals surface area contributed by atoms with E-state index in [1.807, 2.05) is 18.2 Å². The van der Waals surface area contributed by atoms with Gasteiger partial charge in [0.05, 0.1) is 17.4 Å². The third-order valence-electron chi connectivity index (χ3n) is 2.00. The molecule has 1 atom stereocenters. The summed E-state index contributed by atoms with van der Waals surface area (Å²) in [7, 11) is 0. The van der Waals surface area contributed by atoms with Gasteiger partial charge in [-0.25, -0.2) is 0 Å². The fraction of sp³-hybridized carbons (Fsp3) is 0.222. The number of benzene rings is 1. The largest absolute Gasteiger partial charge is 0.381 e. The van der Waals surface area contributed by atoms with Crippen molar-refractivity contribution in [2.75, 3.05) is 17.2 Å². The van der Waals surface area contributed by atoms with Gasteiger partial charge >= 0.3 is 0 Å². The van der Waals surface area contributed by atoms with E-state index in [-0.39, 0.29) is 6.04 Å². The minimum absolute atomic E-state index is 0.117. The topological polar surface area (TPSA) is 41.1 Å². The Morgan fingerprint density at radius 3 is 3.08 bits per heavy atom. The van der Waals surface area contributed by atoms with E-state index in [1.165, 1.54) is 0 Å². The van der Waals surface area contributed by atoms with Crippen LogP contribution in [0.4, 0.5) is 11.4 Å². The molecule has 1 unspecified atom stereocenters. The normalized spacial score (nSPS) is 19.6. The highest BCUT2D eigenvalue weighted by atomic mass is 79.9. The van der Waals surface area contributed by atoms with E-state index in [9.17, 15) is 4.79 Å². The van der Waals surface area contributed by atoms with Crippen LogP contribution in [-0.4, -0.2) is 18.9 Å².